The zero-order valence-electron chi connectivity index (χ0n) is 10.1. The highest BCUT2D eigenvalue weighted by Crippen LogP contribution is 2.33. The topological polar surface area (TPSA) is 66.4 Å². The van der Waals surface area contributed by atoms with Gasteiger partial charge in [-0.25, -0.2) is 8.42 Å². The van der Waals surface area contributed by atoms with Crippen LogP contribution in [-0.4, -0.2) is 31.6 Å². The van der Waals surface area contributed by atoms with Crippen LogP contribution >= 0.6 is 31.9 Å². The van der Waals surface area contributed by atoms with Crippen LogP contribution in [-0.2, 0) is 16.4 Å². The van der Waals surface area contributed by atoms with Crippen molar-refractivity contribution in [2.24, 2.45) is 0 Å². The molecule has 0 radical (unpaired) electrons. The van der Waals surface area contributed by atoms with Crippen LogP contribution in [0, 0.1) is 0 Å². The first-order chi connectivity index (χ1) is 8.19. The van der Waals surface area contributed by atoms with Crippen molar-refractivity contribution in [1.29, 1.82) is 0 Å². The summed E-state index contributed by atoms with van der Waals surface area (Å²) in [4.78, 5) is 0. The highest BCUT2D eigenvalue weighted by atomic mass is 79.9. The van der Waals surface area contributed by atoms with Gasteiger partial charge in [-0.1, -0.05) is 0 Å². The van der Waals surface area contributed by atoms with Gasteiger partial charge in [-0.2, -0.15) is 0 Å². The molecular formula is C11H15Br2NO3S. The molecule has 0 amide bonds. The van der Waals surface area contributed by atoms with E-state index in [1.807, 2.05) is 6.92 Å². The molecule has 4 nitrogen and oxygen atoms in total. The minimum atomic E-state index is -2.97. The molecule has 1 aromatic carbocycles. The third-order valence-electron chi connectivity index (χ3n) is 2.28. The predicted octanol–water partition coefficient (Wildman–Crippen LogP) is 2.44. The van der Waals surface area contributed by atoms with Gasteiger partial charge in [0, 0.05) is 18.8 Å². The fraction of sp³-hybridized carbons (Fsp3) is 0.455. The first kappa shape index (κ1) is 15.9. The van der Waals surface area contributed by atoms with E-state index in [-0.39, 0.29) is 17.5 Å². The summed E-state index contributed by atoms with van der Waals surface area (Å²) in [7, 11) is -2.97. The molecule has 0 fully saturated rings. The van der Waals surface area contributed by atoms with E-state index in [0.29, 0.717) is 15.5 Å². The quantitative estimate of drug-likeness (QED) is 0.796. The second-order valence-electron chi connectivity index (χ2n) is 4.28. The molecule has 2 N–H and O–H groups in total. The van der Waals surface area contributed by atoms with Gasteiger partial charge in [0.1, 0.15) is 15.6 Å². The molecule has 0 aliphatic carbocycles. The molecule has 1 unspecified atom stereocenters. The zero-order chi connectivity index (χ0) is 13.9. The van der Waals surface area contributed by atoms with Gasteiger partial charge in [0.05, 0.1) is 14.7 Å². The summed E-state index contributed by atoms with van der Waals surface area (Å²) in [6.45, 7) is 2.36. The molecule has 102 valence electrons. The minimum absolute atomic E-state index is 0.105. The van der Waals surface area contributed by atoms with Gasteiger partial charge in [-0.05, 0) is 56.5 Å². The number of hydrogen-bond acceptors (Lipinski definition) is 4. The summed E-state index contributed by atoms with van der Waals surface area (Å²) < 4.78 is 23.4. The van der Waals surface area contributed by atoms with Crippen molar-refractivity contribution in [3.63, 3.8) is 0 Å². The number of sulfone groups is 1. The Morgan fingerprint density at radius 2 is 1.83 bits per heavy atom. The molecule has 0 aromatic heterocycles. The van der Waals surface area contributed by atoms with Gasteiger partial charge >= 0.3 is 0 Å². The average molecular weight is 401 g/mol. The van der Waals surface area contributed by atoms with E-state index in [2.05, 4.69) is 37.2 Å². The molecule has 0 aliphatic heterocycles. The number of halogens is 2. The SMILES string of the molecule is CC(CS(C)(=O)=O)NCc1cc(Br)c(O)c(Br)c1. The van der Waals surface area contributed by atoms with Crippen LogP contribution in [0.15, 0.2) is 21.1 Å². The van der Waals surface area contributed by atoms with E-state index in [4.69, 9.17) is 0 Å². The standard InChI is InChI=1S/C11H15Br2NO3S/c1-7(6-18(2,16)17)14-5-8-3-9(12)11(15)10(13)4-8/h3-4,7,14-15H,5-6H2,1-2H3. The Morgan fingerprint density at radius 1 is 1.33 bits per heavy atom. The third kappa shape index (κ3) is 5.26. The van der Waals surface area contributed by atoms with Gasteiger partial charge in [0.2, 0.25) is 0 Å². The molecule has 1 rings (SSSR count). The molecule has 0 saturated heterocycles. The Labute approximate surface area is 124 Å². The highest BCUT2D eigenvalue weighted by molar-refractivity contribution is 9.11. The average Bonchev–Trinajstić information content (AvgIpc) is 2.20. The third-order valence-corrected chi connectivity index (χ3v) is 4.60. The Bertz CT molecular complexity index is 508. The summed E-state index contributed by atoms with van der Waals surface area (Å²) >= 11 is 6.50. The summed E-state index contributed by atoms with van der Waals surface area (Å²) in [5, 5.41) is 12.7. The van der Waals surface area contributed by atoms with E-state index in [1.54, 1.807) is 12.1 Å². The smallest absolute Gasteiger partial charge is 0.148 e. The first-order valence-electron chi connectivity index (χ1n) is 5.27. The Hall–Kier alpha value is -0.110. The van der Waals surface area contributed by atoms with Crippen molar-refractivity contribution in [2.45, 2.75) is 19.5 Å². The lowest BCUT2D eigenvalue weighted by atomic mass is 10.2. The van der Waals surface area contributed by atoms with Gasteiger partial charge in [-0.3, -0.25) is 0 Å². The fourth-order valence-corrected chi connectivity index (χ4v) is 3.83. The lowest BCUT2D eigenvalue weighted by molar-refractivity contribution is 0.468. The number of nitrogens with one attached hydrogen (secondary N) is 1. The number of phenols is 1. The van der Waals surface area contributed by atoms with E-state index < -0.39 is 9.84 Å². The molecular weight excluding hydrogens is 386 g/mol. The highest BCUT2D eigenvalue weighted by Gasteiger charge is 2.11. The molecule has 18 heavy (non-hydrogen) atoms. The van der Waals surface area contributed by atoms with Crippen molar-refractivity contribution in [3.05, 3.63) is 26.6 Å². The summed E-state index contributed by atoms with van der Waals surface area (Å²) in [6.07, 6.45) is 1.22. The summed E-state index contributed by atoms with van der Waals surface area (Å²) in [5.74, 6) is 0.260. The van der Waals surface area contributed by atoms with Crippen molar-refractivity contribution >= 4 is 41.7 Å². The van der Waals surface area contributed by atoms with Crippen molar-refractivity contribution < 1.29 is 13.5 Å². The van der Waals surface area contributed by atoms with Crippen LogP contribution < -0.4 is 5.32 Å². The lowest BCUT2D eigenvalue weighted by Crippen LogP contribution is -2.32. The van der Waals surface area contributed by atoms with Crippen molar-refractivity contribution in [3.8, 4) is 5.75 Å². The van der Waals surface area contributed by atoms with Crippen LogP contribution in [0.1, 0.15) is 12.5 Å². The van der Waals surface area contributed by atoms with Gasteiger partial charge in [0.25, 0.3) is 0 Å². The Balaban J connectivity index is 2.64. The first-order valence-corrected chi connectivity index (χ1v) is 8.91. The van der Waals surface area contributed by atoms with Gasteiger partial charge in [0.15, 0.2) is 0 Å². The lowest BCUT2D eigenvalue weighted by Gasteiger charge is -2.13. The number of phenolic OH excluding ortho intramolecular Hbond substituents is 1. The molecule has 0 spiro atoms. The van der Waals surface area contributed by atoms with Gasteiger partial charge in [-0.15, -0.1) is 0 Å². The molecule has 7 heteroatoms. The van der Waals surface area contributed by atoms with Crippen molar-refractivity contribution in [2.75, 3.05) is 12.0 Å². The van der Waals surface area contributed by atoms with Crippen LogP contribution in [0.3, 0.4) is 0 Å². The number of rotatable bonds is 5. The zero-order valence-corrected chi connectivity index (χ0v) is 14.1. The Morgan fingerprint density at radius 3 is 2.28 bits per heavy atom. The maximum Gasteiger partial charge on any atom is 0.148 e. The van der Waals surface area contributed by atoms with E-state index >= 15 is 0 Å². The van der Waals surface area contributed by atoms with E-state index in [9.17, 15) is 13.5 Å². The number of aromatic hydroxyl groups is 1. The molecule has 0 heterocycles. The largest absolute Gasteiger partial charge is 0.506 e. The summed E-state index contributed by atoms with van der Waals surface area (Å²) in [6, 6.07) is 3.46. The second-order valence-corrected chi connectivity index (χ2v) is 8.18. The molecule has 1 aromatic rings. The number of hydrogen-bond donors (Lipinski definition) is 2. The normalized spacial score (nSPS) is 13.6. The van der Waals surface area contributed by atoms with Crippen LogP contribution in [0.25, 0.3) is 0 Å². The predicted molar refractivity (Wildman–Crippen MR) is 79.5 cm³/mol. The Kier molecular flexibility index (Phi) is 5.64. The monoisotopic (exact) mass is 399 g/mol. The maximum absolute atomic E-state index is 11.1. The molecule has 0 aliphatic rings. The second kappa shape index (κ2) is 6.36. The fourth-order valence-electron chi connectivity index (χ4n) is 1.53. The van der Waals surface area contributed by atoms with Gasteiger partial charge < -0.3 is 10.4 Å². The molecule has 0 saturated carbocycles. The van der Waals surface area contributed by atoms with Crippen LogP contribution in [0.2, 0.25) is 0 Å². The minimum Gasteiger partial charge on any atom is -0.506 e. The summed E-state index contributed by atoms with van der Waals surface area (Å²) in [5.41, 5.74) is 0.951. The molecule has 1 atom stereocenters. The molecule has 0 bridgehead atoms. The maximum atomic E-state index is 11.1. The van der Waals surface area contributed by atoms with E-state index in [1.165, 1.54) is 6.26 Å². The van der Waals surface area contributed by atoms with E-state index in [0.717, 1.165) is 5.56 Å². The van der Waals surface area contributed by atoms with Crippen LogP contribution in [0.5, 0.6) is 5.75 Å². The number of benzene rings is 1. The van der Waals surface area contributed by atoms with Crippen LogP contribution in [0.4, 0.5) is 0 Å². The van der Waals surface area contributed by atoms with Crippen molar-refractivity contribution in [1.82, 2.24) is 5.32 Å².